The van der Waals surface area contributed by atoms with Gasteiger partial charge in [0.25, 0.3) is 5.91 Å². The van der Waals surface area contributed by atoms with Crippen LogP contribution in [0.5, 0.6) is 0 Å². The Morgan fingerprint density at radius 1 is 1.28 bits per heavy atom. The van der Waals surface area contributed by atoms with Crippen LogP contribution in [0.2, 0.25) is 5.15 Å². The number of pyridine rings is 1. The minimum atomic E-state index is -0.755. The number of aldehydes is 1. The smallest absolute Gasteiger partial charge is 0.258 e. The van der Waals surface area contributed by atoms with Gasteiger partial charge in [0.2, 0.25) is 0 Å². The van der Waals surface area contributed by atoms with Crippen molar-refractivity contribution in [3.05, 3.63) is 94.3 Å². The molecule has 0 fully saturated rings. The maximum Gasteiger partial charge on any atom is 0.258 e. The molecule has 0 bridgehead atoms. The number of carbonyl (C=O) groups is 2. The largest absolute Gasteiger partial charge is 0.322 e. The lowest BCUT2D eigenvalue weighted by molar-refractivity contribution is -0.107. The molecule has 1 amide bonds. The van der Waals surface area contributed by atoms with Crippen LogP contribution in [0.3, 0.4) is 0 Å². The molecule has 9 heteroatoms. The highest BCUT2D eigenvalue weighted by Gasteiger charge is 2.25. The molecule has 1 aromatic heterocycles. The van der Waals surface area contributed by atoms with E-state index in [2.05, 4.69) is 29.0 Å². The molecular formula is C27H25ClF2N4O2. The molecule has 1 aliphatic carbocycles. The average molecular weight is 511 g/mol. The van der Waals surface area contributed by atoms with Crippen LogP contribution in [0.15, 0.2) is 65.9 Å². The number of hydrazone groups is 1. The number of aromatic nitrogens is 1. The Hall–Kier alpha value is -3.91. The van der Waals surface area contributed by atoms with Crippen LogP contribution in [-0.4, -0.2) is 23.9 Å². The van der Waals surface area contributed by atoms with Gasteiger partial charge in [-0.1, -0.05) is 37.6 Å². The Bertz CT molecular complexity index is 1310. The summed E-state index contributed by atoms with van der Waals surface area (Å²) in [5.74, 6) is -1.63. The number of benzene rings is 2. The monoisotopic (exact) mass is 510 g/mol. The van der Waals surface area contributed by atoms with Crippen molar-refractivity contribution in [1.82, 2.24) is 4.98 Å². The van der Waals surface area contributed by atoms with E-state index in [9.17, 15) is 18.4 Å². The summed E-state index contributed by atoms with van der Waals surface area (Å²) in [4.78, 5) is 25.8. The molecule has 6 nitrogen and oxygen atoms in total. The van der Waals surface area contributed by atoms with Gasteiger partial charge in [-0.05, 0) is 54.3 Å². The second kappa shape index (κ2) is 12.2. The number of hydrogen-bond donors (Lipinski definition) is 1. The summed E-state index contributed by atoms with van der Waals surface area (Å²) >= 11 is 6.03. The lowest BCUT2D eigenvalue weighted by atomic mass is 9.86. The van der Waals surface area contributed by atoms with Gasteiger partial charge in [0.1, 0.15) is 22.9 Å². The lowest BCUT2D eigenvalue weighted by Gasteiger charge is -2.29. The molecule has 1 atom stereocenters. The van der Waals surface area contributed by atoms with E-state index in [0.717, 1.165) is 29.5 Å². The third-order valence-electron chi connectivity index (χ3n) is 5.46. The zero-order chi connectivity index (χ0) is 26.2. The lowest BCUT2D eigenvalue weighted by Crippen LogP contribution is -2.20. The Kier molecular flexibility index (Phi) is 9.02. The molecule has 186 valence electrons. The first-order chi connectivity index (χ1) is 17.3. The fourth-order valence-corrected chi connectivity index (χ4v) is 3.91. The van der Waals surface area contributed by atoms with Crippen LogP contribution < -0.4 is 10.3 Å². The minimum Gasteiger partial charge on any atom is -0.322 e. The summed E-state index contributed by atoms with van der Waals surface area (Å²) in [5, 5.41) is 8.25. The molecule has 3 aromatic rings. The summed E-state index contributed by atoms with van der Waals surface area (Å²) in [7, 11) is 0. The first kappa shape index (κ1) is 26.7. The van der Waals surface area contributed by atoms with Crippen LogP contribution in [0, 0.1) is 11.6 Å². The number of rotatable bonds is 6. The van der Waals surface area contributed by atoms with Crippen LogP contribution in [0.4, 0.5) is 20.2 Å². The molecule has 0 radical (unpaired) electrons. The molecule has 2 aromatic carbocycles. The van der Waals surface area contributed by atoms with Gasteiger partial charge in [0.05, 0.1) is 11.3 Å². The predicted octanol–water partition coefficient (Wildman–Crippen LogP) is 6.83. The maximum atomic E-state index is 14.5. The number of halogens is 3. The average Bonchev–Trinajstić information content (AvgIpc) is 2.87. The fourth-order valence-electron chi connectivity index (χ4n) is 3.70. The van der Waals surface area contributed by atoms with Gasteiger partial charge in [0, 0.05) is 36.7 Å². The van der Waals surface area contributed by atoms with Crippen molar-refractivity contribution < 1.29 is 18.4 Å². The van der Waals surface area contributed by atoms with E-state index in [1.807, 2.05) is 19.1 Å². The van der Waals surface area contributed by atoms with Crippen molar-refractivity contribution in [2.45, 2.75) is 32.6 Å². The summed E-state index contributed by atoms with van der Waals surface area (Å²) in [6, 6.07) is 12.0. The number of carbonyl (C=O) groups excluding carboxylic acids is 2. The maximum absolute atomic E-state index is 14.5. The highest BCUT2D eigenvalue weighted by molar-refractivity contribution is 6.33. The van der Waals surface area contributed by atoms with E-state index in [4.69, 9.17) is 11.6 Å². The molecule has 36 heavy (non-hydrogen) atoms. The number of nitrogens with one attached hydrogen (secondary N) is 1. The second-order valence-corrected chi connectivity index (χ2v) is 8.31. The molecule has 0 spiro atoms. The first-order valence-corrected chi connectivity index (χ1v) is 11.6. The highest BCUT2D eigenvalue weighted by Crippen LogP contribution is 2.40. The Morgan fingerprint density at radius 2 is 2.03 bits per heavy atom. The molecule has 1 aliphatic rings. The molecule has 0 saturated carbocycles. The van der Waals surface area contributed by atoms with Gasteiger partial charge in [-0.2, -0.15) is 5.10 Å². The van der Waals surface area contributed by atoms with Gasteiger partial charge < -0.3 is 10.1 Å². The number of nitrogens with zero attached hydrogens (tertiary/aromatic N) is 3. The van der Waals surface area contributed by atoms with E-state index in [1.165, 1.54) is 17.3 Å². The van der Waals surface area contributed by atoms with Crippen LogP contribution in [-0.2, 0) is 4.79 Å². The Balaban J connectivity index is 0.000000840. The molecule has 0 saturated heterocycles. The van der Waals surface area contributed by atoms with Crippen molar-refractivity contribution in [2.24, 2.45) is 5.10 Å². The van der Waals surface area contributed by atoms with Gasteiger partial charge in [-0.15, -0.1) is 0 Å². The molecule has 1 unspecified atom stereocenters. The zero-order valence-electron chi connectivity index (χ0n) is 19.8. The van der Waals surface area contributed by atoms with E-state index in [0.29, 0.717) is 24.2 Å². The second-order valence-electron chi connectivity index (χ2n) is 7.95. The molecule has 0 aliphatic heterocycles. The number of fused-ring (bicyclic) bond motifs is 1. The highest BCUT2D eigenvalue weighted by atomic mass is 35.5. The number of anilines is 2. The summed E-state index contributed by atoms with van der Waals surface area (Å²) < 4.78 is 27.9. The zero-order valence-corrected chi connectivity index (χ0v) is 20.6. The normalized spacial score (nSPS) is 13.9. The van der Waals surface area contributed by atoms with Gasteiger partial charge in [-0.25, -0.2) is 18.8 Å². The quantitative estimate of drug-likeness (QED) is 0.171. The van der Waals surface area contributed by atoms with Crippen molar-refractivity contribution >= 4 is 47.6 Å². The predicted molar refractivity (Wildman–Crippen MR) is 139 cm³/mol. The standard InChI is InChI=1S/C24H19ClF2N4O.C3H6O/c1-14-5-9-21(31(28-2)22-10-6-15(26)12-20(22)27)19-13-16(7-8-17(14)19)30-24(32)18-4-3-11-29-23(18)25;1-2-3-4/h3-4,6-14H,2,5H2,1H3,(H,30,32);3H,2H2,1H3. The SMILES string of the molecule is C=NN(C1=CCC(C)c2ccc(NC(=O)c3cccnc3Cl)cc21)c1ccc(F)cc1F.CCC=O. The third-order valence-corrected chi connectivity index (χ3v) is 5.76. The van der Waals surface area contributed by atoms with Crippen molar-refractivity contribution in [3.63, 3.8) is 0 Å². The van der Waals surface area contributed by atoms with Crippen LogP contribution in [0.1, 0.15) is 54.1 Å². The summed E-state index contributed by atoms with van der Waals surface area (Å²) in [6.45, 7) is 7.46. The summed E-state index contributed by atoms with van der Waals surface area (Å²) in [5.41, 5.74) is 3.21. The van der Waals surface area contributed by atoms with Gasteiger partial charge in [-0.3, -0.25) is 4.79 Å². The van der Waals surface area contributed by atoms with Crippen LogP contribution in [0.25, 0.3) is 5.70 Å². The molecule has 4 rings (SSSR count). The molecular weight excluding hydrogens is 486 g/mol. The minimum absolute atomic E-state index is 0.0738. The third kappa shape index (κ3) is 6.01. The Labute approximate surface area is 213 Å². The topological polar surface area (TPSA) is 74.7 Å². The first-order valence-electron chi connectivity index (χ1n) is 11.2. The van der Waals surface area contributed by atoms with Gasteiger partial charge >= 0.3 is 0 Å². The Morgan fingerprint density at radius 3 is 2.67 bits per heavy atom. The van der Waals surface area contributed by atoms with E-state index in [-0.39, 0.29) is 22.3 Å². The van der Waals surface area contributed by atoms with E-state index in [1.54, 1.807) is 24.3 Å². The summed E-state index contributed by atoms with van der Waals surface area (Å²) in [6.07, 6.45) is 5.64. The molecule has 1 N–H and O–H groups in total. The van der Waals surface area contributed by atoms with Crippen molar-refractivity contribution in [1.29, 1.82) is 0 Å². The van der Waals surface area contributed by atoms with Crippen molar-refractivity contribution in [3.8, 4) is 0 Å². The van der Waals surface area contributed by atoms with Crippen LogP contribution >= 0.6 is 11.6 Å². The molecule has 1 heterocycles. The van der Waals surface area contributed by atoms with E-state index < -0.39 is 17.5 Å². The van der Waals surface area contributed by atoms with Gasteiger partial charge in [0.15, 0.2) is 5.82 Å². The number of amides is 1. The fraction of sp³-hybridized carbons (Fsp3) is 0.185. The number of allylic oxidation sites excluding steroid dienone is 1. The van der Waals surface area contributed by atoms with E-state index >= 15 is 0 Å². The van der Waals surface area contributed by atoms with Crippen molar-refractivity contribution in [2.75, 3.05) is 10.3 Å². The number of hydrogen-bond acceptors (Lipinski definition) is 5.